The van der Waals surface area contributed by atoms with Crippen molar-refractivity contribution in [2.45, 2.75) is 25.7 Å². The second-order valence-corrected chi connectivity index (χ2v) is 5.71. The molecule has 0 heterocycles. The summed E-state index contributed by atoms with van der Waals surface area (Å²) in [5.41, 5.74) is 3.01. The number of amides is 2. The molecular weight excluding hydrogens is 316 g/mol. The monoisotopic (exact) mass is 340 g/mol. The lowest BCUT2D eigenvalue weighted by Gasteiger charge is -2.08. The average Bonchev–Trinajstić information content (AvgIpc) is 2.65. The van der Waals surface area contributed by atoms with Crippen molar-refractivity contribution in [1.82, 2.24) is 5.32 Å². The fourth-order valence-electron chi connectivity index (χ4n) is 2.43. The van der Waals surface area contributed by atoms with Crippen molar-refractivity contribution < 1.29 is 14.3 Å². The Labute approximate surface area is 148 Å². The van der Waals surface area contributed by atoms with Crippen LogP contribution in [0.4, 0.5) is 10.5 Å². The number of unbranched alkanes of at least 4 members (excludes halogenated alkanes) is 2. The van der Waals surface area contributed by atoms with Gasteiger partial charge >= 0.3 is 12.0 Å². The van der Waals surface area contributed by atoms with E-state index in [1.165, 1.54) is 7.11 Å². The van der Waals surface area contributed by atoms with E-state index in [2.05, 4.69) is 27.5 Å². The van der Waals surface area contributed by atoms with Crippen LogP contribution in [0.5, 0.6) is 0 Å². The summed E-state index contributed by atoms with van der Waals surface area (Å²) in [6.45, 7) is 0.578. The first-order valence-corrected chi connectivity index (χ1v) is 8.46. The second kappa shape index (κ2) is 10.1. The van der Waals surface area contributed by atoms with Crippen LogP contribution in [0.25, 0.3) is 11.1 Å². The Balaban J connectivity index is 1.68. The zero-order valence-electron chi connectivity index (χ0n) is 14.5. The van der Waals surface area contributed by atoms with Gasteiger partial charge in [0, 0.05) is 18.7 Å². The summed E-state index contributed by atoms with van der Waals surface area (Å²) in [5.74, 6) is -0.190. The van der Waals surface area contributed by atoms with Gasteiger partial charge in [0.15, 0.2) is 0 Å². The lowest BCUT2D eigenvalue weighted by molar-refractivity contribution is -0.140. The van der Waals surface area contributed by atoms with Crippen LogP contribution in [0.1, 0.15) is 25.7 Å². The highest BCUT2D eigenvalue weighted by molar-refractivity contribution is 5.89. The number of methoxy groups -OCH3 is 1. The van der Waals surface area contributed by atoms with E-state index in [1.807, 2.05) is 42.5 Å². The predicted octanol–water partition coefficient (Wildman–Crippen LogP) is 4.21. The molecule has 2 aromatic rings. The molecule has 0 saturated carbocycles. The molecule has 0 aliphatic rings. The molecular formula is C20H24N2O3. The maximum Gasteiger partial charge on any atom is 0.319 e. The third kappa shape index (κ3) is 6.67. The first-order valence-electron chi connectivity index (χ1n) is 8.46. The maximum atomic E-state index is 11.9. The molecule has 0 bridgehead atoms. The van der Waals surface area contributed by atoms with Crippen molar-refractivity contribution in [1.29, 1.82) is 0 Å². The fraction of sp³-hybridized carbons (Fsp3) is 0.300. The van der Waals surface area contributed by atoms with Crippen LogP contribution in [0.3, 0.4) is 0 Å². The first-order chi connectivity index (χ1) is 12.2. The van der Waals surface area contributed by atoms with Gasteiger partial charge in [-0.25, -0.2) is 4.79 Å². The number of nitrogens with one attached hydrogen (secondary N) is 2. The number of benzene rings is 2. The molecule has 0 saturated heterocycles. The molecule has 2 rings (SSSR count). The van der Waals surface area contributed by atoms with Gasteiger partial charge in [-0.05, 0) is 36.1 Å². The first kappa shape index (κ1) is 18.5. The molecule has 5 nitrogen and oxygen atoms in total. The zero-order chi connectivity index (χ0) is 17.9. The number of hydrogen-bond donors (Lipinski definition) is 2. The molecule has 0 aromatic heterocycles. The van der Waals surface area contributed by atoms with Crippen LogP contribution in [0, 0.1) is 0 Å². The average molecular weight is 340 g/mol. The molecule has 0 radical (unpaired) electrons. The number of ether oxygens (including phenoxy) is 1. The smallest absolute Gasteiger partial charge is 0.319 e. The largest absolute Gasteiger partial charge is 0.469 e. The van der Waals surface area contributed by atoms with Gasteiger partial charge in [0.25, 0.3) is 0 Å². The van der Waals surface area contributed by atoms with Crippen molar-refractivity contribution >= 4 is 17.7 Å². The normalized spacial score (nSPS) is 10.1. The van der Waals surface area contributed by atoms with Gasteiger partial charge in [-0.15, -0.1) is 0 Å². The lowest BCUT2D eigenvalue weighted by atomic mass is 10.1. The zero-order valence-corrected chi connectivity index (χ0v) is 14.5. The van der Waals surface area contributed by atoms with E-state index < -0.39 is 0 Å². The predicted molar refractivity (Wildman–Crippen MR) is 99.4 cm³/mol. The molecule has 0 aliphatic carbocycles. The molecule has 0 unspecified atom stereocenters. The Hall–Kier alpha value is -2.82. The van der Waals surface area contributed by atoms with E-state index in [0.29, 0.717) is 13.0 Å². The van der Waals surface area contributed by atoms with Crippen LogP contribution in [0.2, 0.25) is 0 Å². The fourth-order valence-corrected chi connectivity index (χ4v) is 2.43. The molecule has 2 amide bonds. The summed E-state index contributed by atoms with van der Waals surface area (Å²) < 4.78 is 4.58. The molecule has 2 N–H and O–H groups in total. The molecule has 0 fully saturated rings. The minimum absolute atomic E-state index is 0.190. The van der Waals surface area contributed by atoms with Crippen LogP contribution in [-0.4, -0.2) is 25.7 Å². The highest BCUT2D eigenvalue weighted by Crippen LogP contribution is 2.20. The van der Waals surface area contributed by atoms with Crippen LogP contribution >= 0.6 is 0 Å². The number of rotatable bonds is 8. The van der Waals surface area contributed by atoms with Gasteiger partial charge in [0.05, 0.1) is 7.11 Å². The number of hydrogen-bond acceptors (Lipinski definition) is 3. The molecule has 0 aliphatic heterocycles. The lowest BCUT2D eigenvalue weighted by Crippen LogP contribution is -2.29. The second-order valence-electron chi connectivity index (χ2n) is 5.71. The van der Waals surface area contributed by atoms with Crippen molar-refractivity contribution in [3.8, 4) is 11.1 Å². The minimum Gasteiger partial charge on any atom is -0.469 e. The number of carbonyl (C=O) groups is 2. The van der Waals surface area contributed by atoms with Crippen molar-refractivity contribution in [2.75, 3.05) is 19.0 Å². The molecule has 0 atom stereocenters. The van der Waals surface area contributed by atoms with Gasteiger partial charge < -0.3 is 15.4 Å². The Morgan fingerprint density at radius 1 is 0.880 bits per heavy atom. The Bertz CT molecular complexity index is 669. The van der Waals surface area contributed by atoms with Crippen molar-refractivity contribution in [2.24, 2.45) is 0 Å². The van der Waals surface area contributed by atoms with Crippen LogP contribution in [0.15, 0.2) is 54.6 Å². The Morgan fingerprint density at radius 2 is 1.56 bits per heavy atom. The van der Waals surface area contributed by atoms with E-state index in [1.54, 1.807) is 0 Å². The summed E-state index contributed by atoms with van der Waals surface area (Å²) in [7, 11) is 1.39. The summed E-state index contributed by atoms with van der Waals surface area (Å²) in [5, 5.41) is 5.63. The van der Waals surface area contributed by atoms with Gasteiger partial charge in [-0.1, -0.05) is 48.9 Å². The third-order valence-corrected chi connectivity index (χ3v) is 3.82. The standard InChI is InChI=1S/C20H24N2O3/c1-25-19(23)10-6-3-7-15-21-20(24)22-18-13-11-17(12-14-18)16-8-4-2-5-9-16/h2,4-5,8-9,11-14H,3,6-7,10,15H2,1H3,(H2,21,22,24). The van der Waals surface area contributed by atoms with E-state index in [4.69, 9.17) is 0 Å². The maximum absolute atomic E-state index is 11.9. The highest BCUT2D eigenvalue weighted by atomic mass is 16.5. The summed E-state index contributed by atoms with van der Waals surface area (Å²) in [6, 6.07) is 17.6. The van der Waals surface area contributed by atoms with Crippen molar-refractivity contribution in [3.05, 3.63) is 54.6 Å². The number of carbonyl (C=O) groups excluding carboxylic acids is 2. The molecule has 5 heteroatoms. The van der Waals surface area contributed by atoms with Gasteiger partial charge in [-0.3, -0.25) is 4.79 Å². The van der Waals surface area contributed by atoms with Gasteiger partial charge in [0.2, 0.25) is 0 Å². The minimum atomic E-state index is -0.222. The summed E-state index contributed by atoms with van der Waals surface area (Å²) in [4.78, 5) is 22.8. The topological polar surface area (TPSA) is 67.4 Å². The Kier molecular flexibility index (Phi) is 7.50. The van der Waals surface area contributed by atoms with Gasteiger partial charge in [0.1, 0.15) is 0 Å². The van der Waals surface area contributed by atoms with Gasteiger partial charge in [-0.2, -0.15) is 0 Å². The molecule has 2 aromatic carbocycles. The Morgan fingerprint density at radius 3 is 2.24 bits per heavy atom. The molecule has 132 valence electrons. The summed E-state index contributed by atoms with van der Waals surface area (Å²) in [6.07, 6.45) is 2.91. The third-order valence-electron chi connectivity index (χ3n) is 3.82. The van der Waals surface area contributed by atoms with E-state index in [0.717, 1.165) is 36.1 Å². The van der Waals surface area contributed by atoms with Crippen LogP contribution < -0.4 is 10.6 Å². The van der Waals surface area contributed by atoms with E-state index >= 15 is 0 Å². The summed E-state index contributed by atoms with van der Waals surface area (Å²) >= 11 is 0. The number of anilines is 1. The molecule has 0 spiro atoms. The molecule has 25 heavy (non-hydrogen) atoms. The number of urea groups is 1. The highest BCUT2D eigenvalue weighted by Gasteiger charge is 2.03. The quantitative estimate of drug-likeness (QED) is 0.559. The van der Waals surface area contributed by atoms with E-state index in [-0.39, 0.29) is 12.0 Å². The van der Waals surface area contributed by atoms with Crippen LogP contribution in [-0.2, 0) is 9.53 Å². The van der Waals surface area contributed by atoms with Crippen molar-refractivity contribution in [3.63, 3.8) is 0 Å². The number of esters is 1. The van der Waals surface area contributed by atoms with E-state index in [9.17, 15) is 9.59 Å². The SMILES string of the molecule is COC(=O)CCCCCNC(=O)Nc1ccc(-c2ccccc2)cc1.